The van der Waals surface area contributed by atoms with E-state index in [1.165, 1.54) is 101 Å². The summed E-state index contributed by atoms with van der Waals surface area (Å²) in [5.41, 5.74) is 0. The van der Waals surface area contributed by atoms with Crippen molar-refractivity contribution in [3.63, 3.8) is 0 Å². The van der Waals surface area contributed by atoms with Gasteiger partial charge in [-0.05, 0) is 19.3 Å². The van der Waals surface area contributed by atoms with Gasteiger partial charge >= 0.3 is 29.6 Å². The van der Waals surface area contributed by atoms with Crippen molar-refractivity contribution in [3.8, 4) is 0 Å². The van der Waals surface area contributed by atoms with E-state index in [1.807, 2.05) is 0 Å². The Hall–Kier alpha value is 0.390. The minimum atomic E-state index is -0.181. The molecule has 0 unspecified atom stereocenters. The Kier molecular flexibility index (Phi) is 39.5. The van der Waals surface area contributed by atoms with Crippen LogP contribution in [-0.2, 0) is 9.68 Å². The van der Waals surface area contributed by atoms with Crippen molar-refractivity contribution < 1.29 is 49.0 Å². The molecule has 3 rings (SSSR count). The van der Waals surface area contributed by atoms with Crippen molar-refractivity contribution >= 4 is 6.47 Å². The van der Waals surface area contributed by atoms with Crippen molar-refractivity contribution in [2.75, 3.05) is 26.2 Å². The molecule has 0 aromatic carbocycles. The molecule has 0 radical (unpaired) electrons. The summed E-state index contributed by atoms with van der Waals surface area (Å²) < 4.78 is 1.50. The van der Waals surface area contributed by atoms with Crippen LogP contribution in [0.1, 0.15) is 99.3 Å². The van der Waals surface area contributed by atoms with Gasteiger partial charge in [0.05, 0.1) is 13.1 Å². The molecular formula is C21H48NNaO3. The summed E-state index contributed by atoms with van der Waals surface area (Å²) in [4.78, 5) is 11.2. The second kappa shape index (κ2) is 27.6. The van der Waals surface area contributed by atoms with Crippen molar-refractivity contribution in [2.24, 2.45) is 0 Å². The molecule has 2 heterocycles. The average molecular weight is 386 g/mol. The summed E-state index contributed by atoms with van der Waals surface area (Å²) >= 11 is 0. The van der Waals surface area contributed by atoms with E-state index in [0.29, 0.717) is 0 Å². The summed E-state index contributed by atoms with van der Waals surface area (Å²) in [6.07, 6.45) is 16.1. The standard InChI is InChI=1S/C7H14N.C6H12.C4H10.CH2O3.2CH4.CH3.Na/c1-2-4-8(5-3-1)6-7-8;1-2-4-6-5-3-1;1-3-4-2;2-1-4-3;;;;/h1-7H2;1-6H2;3-4H2,1-2H3;1,3H;2*1H4;1H3;/q+1;;;;;;-1;+1/p-1. The van der Waals surface area contributed by atoms with E-state index >= 15 is 0 Å². The van der Waals surface area contributed by atoms with Crippen LogP contribution in [0.15, 0.2) is 0 Å². The molecule has 4 nitrogen and oxygen atoms in total. The van der Waals surface area contributed by atoms with E-state index in [1.54, 1.807) is 0 Å². The predicted octanol–water partition coefficient (Wildman–Crippen LogP) is 2.31. The summed E-state index contributed by atoms with van der Waals surface area (Å²) in [6, 6.07) is 0. The van der Waals surface area contributed by atoms with Gasteiger partial charge in [-0.3, -0.25) is 4.79 Å². The molecule has 0 bridgehead atoms. The van der Waals surface area contributed by atoms with Gasteiger partial charge < -0.3 is 22.1 Å². The maximum Gasteiger partial charge on any atom is 1.00 e. The summed E-state index contributed by atoms with van der Waals surface area (Å²) in [5, 5.41) is 8.43. The van der Waals surface area contributed by atoms with Crippen LogP contribution in [-0.4, -0.2) is 37.1 Å². The minimum absolute atomic E-state index is 0. The van der Waals surface area contributed by atoms with Gasteiger partial charge in [-0.2, -0.15) is 0 Å². The second-order valence-corrected chi connectivity index (χ2v) is 6.61. The average Bonchev–Trinajstić information content (AvgIpc) is 3.36. The van der Waals surface area contributed by atoms with E-state index < -0.39 is 0 Å². The third-order valence-corrected chi connectivity index (χ3v) is 4.66. The molecule has 0 aromatic heterocycles. The maximum absolute atomic E-state index is 8.64. The van der Waals surface area contributed by atoms with E-state index in [-0.39, 0.29) is 58.3 Å². The number of unbranched alkanes of at least 4 members (excludes halogenated alkanes) is 1. The Morgan fingerprint density at radius 2 is 1.04 bits per heavy atom. The van der Waals surface area contributed by atoms with Gasteiger partial charge in [-0.15, -0.1) is 0 Å². The van der Waals surface area contributed by atoms with Gasteiger partial charge in [0.15, 0.2) is 0 Å². The van der Waals surface area contributed by atoms with Crippen molar-refractivity contribution in [1.82, 2.24) is 0 Å². The van der Waals surface area contributed by atoms with E-state index in [0.717, 1.165) is 0 Å². The number of hydrogen-bond acceptors (Lipinski definition) is 3. The number of rotatable bonds is 2. The van der Waals surface area contributed by atoms with Crippen molar-refractivity contribution in [3.05, 3.63) is 7.43 Å². The Labute approximate surface area is 187 Å². The number of carbonyl (C=O) groups excluding carboxylic acids is 1. The molecule has 0 atom stereocenters. The number of nitrogens with zero attached hydrogens (tertiary/aromatic N) is 1. The topological polar surface area (TPSA) is 49.4 Å². The molecule has 0 amide bonds. The molecule has 1 spiro atoms. The number of hydrogen-bond donors (Lipinski definition) is 0. The van der Waals surface area contributed by atoms with Crippen LogP contribution in [0.25, 0.3) is 0 Å². The Balaban J connectivity index is -0.0000000751. The van der Waals surface area contributed by atoms with Crippen molar-refractivity contribution in [1.29, 1.82) is 0 Å². The summed E-state index contributed by atoms with van der Waals surface area (Å²) in [6.45, 7) is 10.2. The zero-order valence-corrected chi connectivity index (χ0v) is 18.9. The van der Waals surface area contributed by atoms with Gasteiger partial charge in [-0.1, -0.05) is 80.1 Å². The molecule has 0 aromatic rings. The summed E-state index contributed by atoms with van der Waals surface area (Å²) in [7, 11) is 0. The normalized spacial score (nSPS) is 17.7. The molecule has 3 aliphatic rings. The van der Waals surface area contributed by atoms with Gasteiger partial charge in [-0.25, -0.2) is 0 Å². The molecule has 1 aliphatic carbocycles. The predicted molar refractivity (Wildman–Crippen MR) is 109 cm³/mol. The largest absolute Gasteiger partial charge is 1.00 e. The zero-order valence-electron chi connectivity index (χ0n) is 16.9. The summed E-state index contributed by atoms with van der Waals surface area (Å²) in [5.74, 6) is 0. The first-order valence-corrected chi connectivity index (χ1v) is 9.32. The van der Waals surface area contributed by atoms with Crippen LogP contribution in [0.4, 0.5) is 0 Å². The number of piperidine rings is 1. The van der Waals surface area contributed by atoms with Gasteiger partial charge in [0.1, 0.15) is 13.1 Å². The zero-order chi connectivity index (χ0) is 16.5. The fourth-order valence-electron chi connectivity index (χ4n) is 2.83. The van der Waals surface area contributed by atoms with E-state index in [2.05, 4.69) is 18.7 Å². The maximum atomic E-state index is 8.64. The third kappa shape index (κ3) is 24.4. The fraction of sp³-hybridized carbons (Fsp3) is 0.905. The van der Waals surface area contributed by atoms with Gasteiger partial charge in [0, 0.05) is 0 Å². The Morgan fingerprint density at radius 3 is 1.19 bits per heavy atom. The van der Waals surface area contributed by atoms with E-state index in [9.17, 15) is 0 Å². The van der Waals surface area contributed by atoms with E-state index in [4.69, 9.17) is 10.1 Å². The number of carbonyl (C=O) groups is 1. The smallest absolute Gasteiger partial charge is 0.662 e. The first-order valence-electron chi connectivity index (χ1n) is 9.32. The Morgan fingerprint density at radius 1 is 0.769 bits per heavy atom. The van der Waals surface area contributed by atoms with Crippen LogP contribution in [0.5, 0.6) is 0 Å². The third-order valence-electron chi connectivity index (χ3n) is 4.66. The monoisotopic (exact) mass is 385 g/mol. The van der Waals surface area contributed by atoms with Crippen LogP contribution in [0.3, 0.4) is 0 Å². The number of quaternary nitrogens is 1. The molecule has 0 N–H and O–H groups in total. The first kappa shape index (κ1) is 37.2. The fourth-order valence-corrected chi connectivity index (χ4v) is 2.83. The minimum Gasteiger partial charge on any atom is -0.662 e. The van der Waals surface area contributed by atoms with Crippen LogP contribution in [0, 0.1) is 7.43 Å². The van der Waals surface area contributed by atoms with Crippen molar-refractivity contribution in [2.45, 2.75) is 99.3 Å². The molecule has 2 saturated heterocycles. The molecule has 2 aliphatic heterocycles. The van der Waals surface area contributed by atoms with Crippen LogP contribution >= 0.6 is 0 Å². The Bertz CT molecular complexity index is 224. The molecule has 1 saturated carbocycles. The van der Waals surface area contributed by atoms with Crippen LogP contribution in [0.2, 0.25) is 0 Å². The SMILES string of the molecule is C.C.C1CCCCC1.C1CC[N+]2(CC1)CC2.CCCC.O=CO[O-].[CH3-].[Na+]. The second-order valence-electron chi connectivity index (χ2n) is 6.61. The first-order chi connectivity index (χ1) is 10.7. The van der Waals surface area contributed by atoms with Gasteiger partial charge in [0.25, 0.3) is 6.47 Å². The molecule has 26 heavy (non-hydrogen) atoms. The quantitative estimate of drug-likeness (QED) is 0.139. The molecule has 5 heteroatoms. The van der Waals surface area contributed by atoms with Crippen LogP contribution < -0.4 is 34.8 Å². The molecular weight excluding hydrogens is 337 g/mol. The molecule has 156 valence electrons. The molecule has 3 fully saturated rings. The van der Waals surface area contributed by atoms with Gasteiger partial charge in [0.2, 0.25) is 0 Å².